The van der Waals surface area contributed by atoms with E-state index >= 15 is 0 Å². The van der Waals surface area contributed by atoms with E-state index in [2.05, 4.69) is 0 Å². The van der Waals surface area contributed by atoms with E-state index in [1.54, 1.807) is 18.2 Å². The van der Waals surface area contributed by atoms with Gasteiger partial charge in [0.25, 0.3) is 6.47 Å². The number of ether oxygens (including phenoxy) is 2. The minimum atomic E-state index is -5.06. The molecule has 0 heterocycles. The van der Waals surface area contributed by atoms with Crippen LogP contribution in [0.25, 0.3) is 11.1 Å². The fourth-order valence-corrected chi connectivity index (χ4v) is 4.60. The van der Waals surface area contributed by atoms with Gasteiger partial charge >= 0.3 is 18.5 Å². The zero-order valence-corrected chi connectivity index (χ0v) is 23.4. The molecule has 1 atom stereocenters. The number of methoxy groups -OCH3 is 1. The third-order valence-electron chi connectivity index (χ3n) is 6.70. The van der Waals surface area contributed by atoms with Gasteiger partial charge in [0.15, 0.2) is 0 Å². The molecule has 234 valence electrons. The number of alkyl halides is 9. The van der Waals surface area contributed by atoms with E-state index in [4.69, 9.17) is 9.47 Å². The molecule has 0 spiro atoms. The number of rotatable bonds is 10. The smallest absolute Gasteiger partial charge is 0.416 e. The van der Waals surface area contributed by atoms with Crippen LogP contribution < -0.4 is 4.74 Å². The number of carbonyl (C=O) groups excluding carboxylic acids is 1. The molecule has 4 nitrogen and oxygen atoms in total. The molecule has 3 rings (SSSR count). The molecule has 0 aliphatic carbocycles. The number of halogens is 9. The Bertz CT molecular complexity index is 1400. The van der Waals surface area contributed by atoms with Gasteiger partial charge in [-0.3, -0.25) is 9.69 Å². The van der Waals surface area contributed by atoms with E-state index in [1.165, 1.54) is 25.1 Å². The summed E-state index contributed by atoms with van der Waals surface area (Å²) in [5.41, 5.74) is -3.07. The number of carbonyl (C=O) groups is 1. The molecule has 0 aromatic heterocycles. The quantitative estimate of drug-likeness (QED) is 0.168. The van der Waals surface area contributed by atoms with Gasteiger partial charge in [-0.15, -0.1) is 0 Å². The Hall–Kier alpha value is -3.74. The summed E-state index contributed by atoms with van der Waals surface area (Å²) in [6, 6.07) is 9.10. The second kappa shape index (κ2) is 12.9. The monoisotopic (exact) mass is 621 g/mol. The maximum absolute atomic E-state index is 13.8. The average Bonchev–Trinajstić information content (AvgIpc) is 2.90. The molecule has 3 aromatic rings. The lowest BCUT2D eigenvalue weighted by atomic mass is 9.90. The van der Waals surface area contributed by atoms with Crippen LogP contribution in [-0.2, 0) is 34.6 Å². The van der Waals surface area contributed by atoms with E-state index in [0.717, 1.165) is 17.7 Å². The number of benzene rings is 3. The molecule has 43 heavy (non-hydrogen) atoms. The second-order valence-corrected chi connectivity index (χ2v) is 10.2. The van der Waals surface area contributed by atoms with Crippen LogP contribution in [0.1, 0.15) is 59.3 Å². The maximum atomic E-state index is 13.8. The summed E-state index contributed by atoms with van der Waals surface area (Å²) < 4.78 is 132. The molecule has 0 bridgehead atoms. The van der Waals surface area contributed by atoms with Crippen molar-refractivity contribution in [2.45, 2.75) is 50.9 Å². The standard InChI is InChI=1S/C30H28F9NO3/c1-17(2)19-5-8-26(42-4)24(11-19)23-7-6-20(28(31,32)33)13-25(23)27(43-16-41)15-40(3)14-18-9-21(29(34,35)36)12-22(10-18)30(37,38)39/h5-13,16-17,27H,14-15H2,1-4H3. The summed E-state index contributed by atoms with van der Waals surface area (Å²) in [6.45, 7) is 2.97. The topological polar surface area (TPSA) is 38.8 Å². The highest BCUT2D eigenvalue weighted by Gasteiger charge is 2.37. The molecule has 0 N–H and O–H groups in total. The zero-order valence-electron chi connectivity index (χ0n) is 23.4. The summed E-state index contributed by atoms with van der Waals surface area (Å²) in [7, 11) is 2.69. The first kappa shape index (κ1) is 33.8. The molecule has 1 unspecified atom stereocenters. The molecule has 0 saturated carbocycles. The van der Waals surface area contributed by atoms with Crippen molar-refractivity contribution in [3.63, 3.8) is 0 Å². The van der Waals surface area contributed by atoms with Crippen LogP contribution in [0.4, 0.5) is 39.5 Å². The Balaban J connectivity index is 2.11. The van der Waals surface area contributed by atoms with Crippen molar-refractivity contribution >= 4 is 6.47 Å². The Labute approximate surface area is 242 Å². The largest absolute Gasteiger partial charge is 0.496 e. The van der Waals surface area contributed by atoms with Crippen molar-refractivity contribution < 1.29 is 53.8 Å². The van der Waals surface area contributed by atoms with Crippen molar-refractivity contribution in [2.24, 2.45) is 0 Å². The molecule has 13 heteroatoms. The average molecular weight is 622 g/mol. The van der Waals surface area contributed by atoms with Crippen molar-refractivity contribution in [3.05, 3.63) is 88.0 Å². The minimum Gasteiger partial charge on any atom is -0.496 e. The molecule has 3 aromatic carbocycles. The normalized spacial score (nSPS) is 13.4. The first-order chi connectivity index (χ1) is 19.8. The lowest BCUT2D eigenvalue weighted by Gasteiger charge is -2.27. The van der Waals surface area contributed by atoms with Gasteiger partial charge in [0.05, 0.1) is 23.8 Å². The first-order valence-corrected chi connectivity index (χ1v) is 12.8. The van der Waals surface area contributed by atoms with Crippen molar-refractivity contribution in [3.8, 4) is 16.9 Å². The Morgan fingerprint density at radius 2 is 1.35 bits per heavy atom. The lowest BCUT2D eigenvalue weighted by molar-refractivity contribution is -0.143. The maximum Gasteiger partial charge on any atom is 0.416 e. The van der Waals surface area contributed by atoms with Crippen molar-refractivity contribution in [1.82, 2.24) is 4.90 Å². The molecular weight excluding hydrogens is 593 g/mol. The van der Waals surface area contributed by atoms with Gasteiger partial charge in [0.1, 0.15) is 11.9 Å². The molecular formula is C30H28F9NO3. The number of nitrogens with zero attached hydrogens (tertiary/aromatic N) is 1. The molecule has 0 amide bonds. The van der Waals surface area contributed by atoms with Crippen LogP contribution in [-0.4, -0.2) is 32.1 Å². The summed E-state index contributed by atoms with van der Waals surface area (Å²) in [6.07, 6.45) is -16.3. The molecule has 0 aliphatic rings. The van der Waals surface area contributed by atoms with Crippen LogP contribution in [0.15, 0.2) is 54.6 Å². The minimum absolute atomic E-state index is 0.00458. The lowest BCUT2D eigenvalue weighted by Crippen LogP contribution is -2.27. The first-order valence-electron chi connectivity index (χ1n) is 12.8. The predicted octanol–water partition coefficient (Wildman–Crippen LogP) is 8.89. The molecule has 0 fully saturated rings. The van der Waals surface area contributed by atoms with Crippen molar-refractivity contribution in [1.29, 1.82) is 0 Å². The van der Waals surface area contributed by atoms with Gasteiger partial charge < -0.3 is 9.47 Å². The predicted molar refractivity (Wildman–Crippen MR) is 140 cm³/mol. The third-order valence-corrected chi connectivity index (χ3v) is 6.70. The van der Waals surface area contributed by atoms with E-state index in [1.807, 2.05) is 13.8 Å². The van der Waals surface area contributed by atoms with Crippen LogP contribution in [0.5, 0.6) is 5.75 Å². The molecule has 0 saturated heterocycles. The van der Waals surface area contributed by atoms with Gasteiger partial charge in [-0.05, 0) is 72.1 Å². The SMILES string of the molecule is COc1ccc(C(C)C)cc1-c1ccc(C(F)(F)F)cc1C(CN(C)Cc1cc(C(F)(F)F)cc(C(F)(F)F)c1)OC=O. The van der Waals surface area contributed by atoms with Crippen LogP contribution >= 0.6 is 0 Å². The zero-order chi connectivity index (χ0) is 32.3. The summed E-state index contributed by atoms with van der Waals surface area (Å²) in [4.78, 5) is 12.7. The van der Waals surface area contributed by atoms with Crippen LogP contribution in [0.2, 0.25) is 0 Å². The van der Waals surface area contributed by atoms with Crippen molar-refractivity contribution in [2.75, 3.05) is 20.7 Å². The number of hydrogen-bond acceptors (Lipinski definition) is 4. The summed E-state index contributed by atoms with van der Waals surface area (Å²) in [5, 5.41) is 0. The van der Waals surface area contributed by atoms with Crippen LogP contribution in [0, 0.1) is 0 Å². The highest BCUT2D eigenvalue weighted by atomic mass is 19.4. The van der Waals surface area contributed by atoms with Gasteiger partial charge in [-0.25, -0.2) is 0 Å². The Morgan fingerprint density at radius 3 is 1.84 bits per heavy atom. The van der Waals surface area contributed by atoms with E-state index in [9.17, 15) is 44.3 Å². The van der Waals surface area contributed by atoms with Gasteiger partial charge in [0.2, 0.25) is 0 Å². The summed E-state index contributed by atoms with van der Waals surface area (Å²) in [5.74, 6) is 0.344. The van der Waals surface area contributed by atoms with E-state index in [0.29, 0.717) is 23.4 Å². The highest BCUT2D eigenvalue weighted by Crippen LogP contribution is 2.41. The number of likely N-dealkylation sites (N-methyl/N-ethyl adjacent to an activating group) is 1. The highest BCUT2D eigenvalue weighted by molar-refractivity contribution is 5.75. The Kier molecular flexibility index (Phi) is 10.1. The van der Waals surface area contributed by atoms with Crippen LogP contribution in [0.3, 0.4) is 0 Å². The fourth-order valence-electron chi connectivity index (χ4n) is 4.60. The third kappa shape index (κ3) is 8.43. The van der Waals surface area contributed by atoms with Gasteiger partial charge in [0, 0.05) is 24.2 Å². The van der Waals surface area contributed by atoms with Gasteiger partial charge in [-0.1, -0.05) is 26.0 Å². The summed E-state index contributed by atoms with van der Waals surface area (Å²) >= 11 is 0. The van der Waals surface area contributed by atoms with E-state index in [-0.39, 0.29) is 41.7 Å². The molecule has 0 radical (unpaired) electrons. The molecule has 0 aliphatic heterocycles. The van der Waals surface area contributed by atoms with Gasteiger partial charge in [-0.2, -0.15) is 39.5 Å². The Morgan fingerprint density at radius 1 is 0.767 bits per heavy atom. The number of hydrogen-bond donors (Lipinski definition) is 0. The second-order valence-electron chi connectivity index (χ2n) is 10.2. The van der Waals surface area contributed by atoms with E-state index < -0.39 is 47.9 Å². The fraction of sp³-hybridized carbons (Fsp3) is 0.367.